The Labute approximate surface area is 51.1 Å². The van der Waals surface area contributed by atoms with E-state index in [4.69, 9.17) is 4.74 Å². The number of ether oxygens (including phenoxy) is 1. The van der Waals surface area contributed by atoms with E-state index in [1.807, 2.05) is 0 Å². The van der Waals surface area contributed by atoms with Gasteiger partial charge < -0.3 is 4.74 Å². The Morgan fingerprint density at radius 1 is 1.88 bits per heavy atom. The maximum atomic E-state index is 10.4. The Bertz CT molecular complexity index is 143. The summed E-state index contributed by atoms with van der Waals surface area (Å²) in [5.41, 5.74) is 0. The Morgan fingerprint density at radius 3 is 3.00 bits per heavy atom. The summed E-state index contributed by atoms with van der Waals surface area (Å²) in [6.45, 7) is 1.66. The van der Waals surface area contributed by atoms with E-state index in [1.54, 1.807) is 6.92 Å². The van der Waals surface area contributed by atoms with Crippen LogP contribution < -0.4 is 0 Å². The Kier molecular flexibility index (Phi) is 1.53. The highest BCUT2D eigenvalue weighted by Crippen LogP contribution is 2.10. The topological polar surface area (TPSA) is 38.7 Å². The monoisotopic (exact) mass is 131 g/mol. The van der Waals surface area contributed by atoms with Crippen molar-refractivity contribution in [2.75, 3.05) is 5.94 Å². The first kappa shape index (κ1) is 5.62. The van der Waals surface area contributed by atoms with Crippen molar-refractivity contribution in [2.24, 2.45) is 4.99 Å². The third-order valence-electron chi connectivity index (χ3n) is 0.699. The van der Waals surface area contributed by atoms with Crippen molar-refractivity contribution in [1.29, 1.82) is 0 Å². The van der Waals surface area contributed by atoms with Crippen LogP contribution in [0.3, 0.4) is 0 Å². The molecule has 1 heterocycles. The van der Waals surface area contributed by atoms with Crippen molar-refractivity contribution in [3.05, 3.63) is 0 Å². The number of aliphatic imine (C=N–C) groups is 1. The lowest BCUT2D eigenvalue weighted by molar-refractivity contribution is 0.264. The zero-order valence-electron chi connectivity index (χ0n) is 4.38. The van der Waals surface area contributed by atoms with Gasteiger partial charge in [-0.3, -0.25) is 4.79 Å². The summed E-state index contributed by atoms with van der Waals surface area (Å²) in [5.74, 6) is 0.877. The van der Waals surface area contributed by atoms with Gasteiger partial charge in [0.2, 0.25) is 0 Å². The molecule has 1 amide bonds. The Hall–Kier alpha value is -0.510. The third-order valence-corrected chi connectivity index (χ3v) is 1.27. The SMILES string of the molecule is CC1=NC(=O)SCO1. The molecule has 0 saturated carbocycles. The fourth-order valence-corrected chi connectivity index (χ4v) is 0.882. The number of thioether (sulfide) groups is 1. The van der Waals surface area contributed by atoms with Crippen LogP contribution in [0.4, 0.5) is 4.79 Å². The quantitative estimate of drug-likeness (QED) is 0.496. The lowest BCUT2D eigenvalue weighted by Crippen LogP contribution is -2.07. The van der Waals surface area contributed by atoms with Crippen molar-refractivity contribution in [1.82, 2.24) is 0 Å². The molecule has 0 aromatic carbocycles. The molecule has 0 bridgehead atoms. The number of hydrogen-bond acceptors (Lipinski definition) is 3. The molecule has 0 saturated heterocycles. The van der Waals surface area contributed by atoms with E-state index in [0.29, 0.717) is 11.8 Å². The summed E-state index contributed by atoms with van der Waals surface area (Å²) in [6.07, 6.45) is 0. The van der Waals surface area contributed by atoms with Crippen LogP contribution in [0.15, 0.2) is 4.99 Å². The summed E-state index contributed by atoms with van der Waals surface area (Å²) in [7, 11) is 0. The predicted octanol–water partition coefficient (Wildman–Crippen LogP) is 1.25. The number of carbonyl (C=O) groups excluding carboxylic acids is 1. The van der Waals surface area contributed by atoms with Gasteiger partial charge in [0, 0.05) is 6.92 Å². The van der Waals surface area contributed by atoms with Crippen molar-refractivity contribution in [3.63, 3.8) is 0 Å². The molecule has 1 rings (SSSR count). The summed E-state index contributed by atoms with van der Waals surface area (Å²) in [6, 6.07) is 0. The summed E-state index contributed by atoms with van der Waals surface area (Å²) in [5, 5.41) is -0.159. The van der Waals surface area contributed by atoms with E-state index in [1.165, 1.54) is 0 Å². The van der Waals surface area contributed by atoms with E-state index in [2.05, 4.69) is 4.99 Å². The van der Waals surface area contributed by atoms with Crippen molar-refractivity contribution in [2.45, 2.75) is 6.92 Å². The molecule has 3 nitrogen and oxygen atoms in total. The normalized spacial score (nSPS) is 19.6. The molecular weight excluding hydrogens is 126 g/mol. The van der Waals surface area contributed by atoms with E-state index < -0.39 is 0 Å². The number of rotatable bonds is 0. The van der Waals surface area contributed by atoms with Crippen LogP contribution in [0.25, 0.3) is 0 Å². The smallest absolute Gasteiger partial charge is 0.311 e. The van der Waals surface area contributed by atoms with Crippen molar-refractivity contribution >= 4 is 22.9 Å². The molecule has 44 valence electrons. The fraction of sp³-hybridized carbons (Fsp3) is 0.500. The molecule has 0 aliphatic carbocycles. The zero-order chi connectivity index (χ0) is 5.98. The number of carbonyl (C=O) groups is 1. The Balaban J connectivity index is 2.64. The molecule has 1 aliphatic heterocycles. The van der Waals surface area contributed by atoms with Gasteiger partial charge >= 0.3 is 5.24 Å². The van der Waals surface area contributed by atoms with Gasteiger partial charge in [-0.1, -0.05) is 0 Å². The summed E-state index contributed by atoms with van der Waals surface area (Å²) in [4.78, 5) is 13.9. The average molecular weight is 131 g/mol. The molecule has 0 N–H and O–H groups in total. The van der Waals surface area contributed by atoms with Crippen LogP contribution in [-0.2, 0) is 4.74 Å². The van der Waals surface area contributed by atoms with Crippen molar-refractivity contribution in [3.8, 4) is 0 Å². The molecule has 0 aromatic rings. The first-order valence-corrected chi connectivity index (χ1v) is 3.12. The van der Waals surface area contributed by atoms with Gasteiger partial charge in [0.25, 0.3) is 0 Å². The van der Waals surface area contributed by atoms with Gasteiger partial charge in [-0.15, -0.1) is 0 Å². The first-order valence-electron chi connectivity index (χ1n) is 2.14. The van der Waals surface area contributed by atoms with Crippen LogP contribution in [0, 0.1) is 0 Å². The summed E-state index contributed by atoms with van der Waals surface area (Å²) >= 11 is 1.07. The molecular formula is C4H5NO2S. The van der Waals surface area contributed by atoms with Gasteiger partial charge in [0.05, 0.1) is 0 Å². The van der Waals surface area contributed by atoms with Gasteiger partial charge in [-0.05, 0) is 11.8 Å². The number of amides is 1. The lowest BCUT2D eigenvalue weighted by Gasteiger charge is -2.06. The maximum absolute atomic E-state index is 10.4. The van der Waals surface area contributed by atoms with Gasteiger partial charge in [-0.2, -0.15) is 4.99 Å². The Morgan fingerprint density at radius 2 is 2.62 bits per heavy atom. The van der Waals surface area contributed by atoms with E-state index >= 15 is 0 Å². The van der Waals surface area contributed by atoms with Crippen molar-refractivity contribution < 1.29 is 9.53 Å². The second-order valence-electron chi connectivity index (χ2n) is 1.30. The highest BCUT2D eigenvalue weighted by molar-refractivity contribution is 8.13. The third kappa shape index (κ3) is 1.23. The second kappa shape index (κ2) is 2.17. The molecule has 0 fully saturated rings. The second-order valence-corrected chi connectivity index (χ2v) is 2.18. The largest absolute Gasteiger partial charge is 0.469 e. The van der Waals surface area contributed by atoms with Gasteiger partial charge in [0.1, 0.15) is 5.94 Å². The highest BCUT2D eigenvalue weighted by atomic mass is 32.2. The fourth-order valence-electron chi connectivity index (χ4n) is 0.358. The number of hydrogen-bond donors (Lipinski definition) is 0. The standard InChI is InChI=1S/C4H5NO2S/c1-3-5-4(6)8-2-7-3/h2H2,1H3. The minimum absolute atomic E-state index is 0.159. The number of nitrogens with zero attached hydrogens (tertiary/aromatic N) is 1. The van der Waals surface area contributed by atoms with Gasteiger partial charge in [-0.25, -0.2) is 0 Å². The zero-order valence-corrected chi connectivity index (χ0v) is 5.20. The molecule has 0 atom stereocenters. The predicted molar refractivity (Wildman–Crippen MR) is 32.0 cm³/mol. The van der Waals surface area contributed by atoms with E-state index in [9.17, 15) is 4.79 Å². The van der Waals surface area contributed by atoms with Gasteiger partial charge in [0.15, 0.2) is 5.90 Å². The maximum Gasteiger partial charge on any atom is 0.311 e. The van der Waals surface area contributed by atoms with E-state index in [0.717, 1.165) is 11.8 Å². The lowest BCUT2D eigenvalue weighted by atomic mass is 10.8. The van der Waals surface area contributed by atoms with E-state index in [-0.39, 0.29) is 5.24 Å². The van der Waals surface area contributed by atoms with Crippen LogP contribution in [-0.4, -0.2) is 17.1 Å². The molecule has 0 aromatic heterocycles. The summed E-state index contributed by atoms with van der Waals surface area (Å²) < 4.78 is 4.84. The van der Waals surface area contributed by atoms with Crippen LogP contribution >= 0.6 is 11.8 Å². The van der Waals surface area contributed by atoms with Crippen LogP contribution in [0.2, 0.25) is 0 Å². The average Bonchev–Trinajstić information content (AvgIpc) is 1.64. The molecule has 0 spiro atoms. The molecule has 1 aliphatic rings. The minimum atomic E-state index is -0.159. The first-order chi connectivity index (χ1) is 3.79. The molecule has 8 heavy (non-hydrogen) atoms. The molecule has 0 radical (unpaired) electrons. The molecule has 4 heteroatoms. The molecule has 0 unspecified atom stereocenters. The minimum Gasteiger partial charge on any atom is -0.469 e. The van der Waals surface area contributed by atoms with Crippen LogP contribution in [0.5, 0.6) is 0 Å². The van der Waals surface area contributed by atoms with Crippen LogP contribution in [0.1, 0.15) is 6.92 Å². The highest BCUT2D eigenvalue weighted by Gasteiger charge is 2.07.